The van der Waals surface area contributed by atoms with Crippen molar-refractivity contribution >= 4 is 11.9 Å². The molecule has 0 rings (SSSR count). The van der Waals surface area contributed by atoms with Gasteiger partial charge in [0.15, 0.2) is 0 Å². The molecule has 0 aromatic carbocycles. The first-order valence-electron chi connectivity index (χ1n) is 5.50. The molecule has 0 aliphatic carbocycles. The van der Waals surface area contributed by atoms with Crippen molar-refractivity contribution in [2.45, 2.75) is 46.0 Å². The third-order valence-corrected chi connectivity index (χ3v) is 2.08. The maximum Gasteiger partial charge on any atom is 0.303 e. The third-order valence-electron chi connectivity index (χ3n) is 2.08. The van der Waals surface area contributed by atoms with E-state index in [1.54, 1.807) is 0 Å². The van der Waals surface area contributed by atoms with Gasteiger partial charge in [-0.15, -0.1) is 6.58 Å². The fourth-order valence-electron chi connectivity index (χ4n) is 0.719. The van der Waals surface area contributed by atoms with Crippen LogP contribution < -0.4 is 0 Å². The van der Waals surface area contributed by atoms with E-state index in [9.17, 15) is 9.59 Å². The number of unbranched alkanes of at least 4 members (excludes halogenated alkanes) is 1. The zero-order valence-electron chi connectivity index (χ0n) is 10.1. The summed E-state index contributed by atoms with van der Waals surface area (Å²) in [5.41, 5.74) is 0. The van der Waals surface area contributed by atoms with Gasteiger partial charge in [-0.2, -0.15) is 0 Å². The highest BCUT2D eigenvalue weighted by Crippen LogP contribution is 1.99. The molecular weight excluding hydrogens is 208 g/mol. The summed E-state index contributed by atoms with van der Waals surface area (Å²) in [7, 11) is 0. The molecule has 0 saturated carbocycles. The lowest BCUT2D eigenvalue weighted by Gasteiger charge is -1.93. The fourth-order valence-corrected chi connectivity index (χ4v) is 0.719. The molecule has 1 unspecified atom stereocenters. The number of carboxylic acid groups (broad SMARTS) is 2. The zero-order valence-corrected chi connectivity index (χ0v) is 10.1. The standard InChI is InChI=1S/C6H10O4.C6H12/c7-5(8)3-1-2-4-6(9)10;1-4-6(3)5-2/h1-4H2,(H,7,8)(H,9,10);4,6H,1,5H2,2-3H3. The Morgan fingerprint density at radius 1 is 1.19 bits per heavy atom. The predicted molar refractivity (Wildman–Crippen MR) is 63.4 cm³/mol. The van der Waals surface area contributed by atoms with Gasteiger partial charge in [0.1, 0.15) is 0 Å². The molecule has 0 aliphatic rings. The summed E-state index contributed by atoms with van der Waals surface area (Å²) >= 11 is 0. The Kier molecular flexibility index (Phi) is 12.6. The normalized spacial score (nSPS) is 10.9. The first kappa shape index (κ1) is 17.1. The third kappa shape index (κ3) is 18.5. The van der Waals surface area contributed by atoms with Crippen molar-refractivity contribution in [1.82, 2.24) is 0 Å². The number of rotatable bonds is 7. The van der Waals surface area contributed by atoms with Crippen molar-refractivity contribution < 1.29 is 19.8 Å². The number of hydrogen-bond donors (Lipinski definition) is 2. The Labute approximate surface area is 97.0 Å². The van der Waals surface area contributed by atoms with Gasteiger partial charge in [0.05, 0.1) is 0 Å². The van der Waals surface area contributed by atoms with Crippen molar-refractivity contribution in [3.05, 3.63) is 12.7 Å². The molecule has 0 heterocycles. The highest BCUT2D eigenvalue weighted by atomic mass is 16.4. The molecule has 4 nitrogen and oxygen atoms in total. The molecular formula is C12H22O4. The van der Waals surface area contributed by atoms with Crippen LogP contribution in [0, 0.1) is 5.92 Å². The van der Waals surface area contributed by atoms with Gasteiger partial charge >= 0.3 is 11.9 Å². The zero-order chi connectivity index (χ0) is 13.0. The molecule has 0 amide bonds. The fraction of sp³-hybridized carbons (Fsp3) is 0.667. The van der Waals surface area contributed by atoms with E-state index in [-0.39, 0.29) is 12.8 Å². The topological polar surface area (TPSA) is 74.6 Å². The van der Waals surface area contributed by atoms with E-state index in [4.69, 9.17) is 10.2 Å². The van der Waals surface area contributed by atoms with Crippen LogP contribution in [0.3, 0.4) is 0 Å². The number of hydrogen-bond acceptors (Lipinski definition) is 2. The Morgan fingerprint density at radius 2 is 1.56 bits per heavy atom. The molecule has 0 aromatic heterocycles. The maximum absolute atomic E-state index is 9.90. The monoisotopic (exact) mass is 230 g/mol. The van der Waals surface area contributed by atoms with Gasteiger partial charge in [0.2, 0.25) is 0 Å². The molecule has 0 fully saturated rings. The summed E-state index contributed by atoms with van der Waals surface area (Å²) in [4.78, 5) is 19.8. The van der Waals surface area contributed by atoms with Crippen molar-refractivity contribution in [2.24, 2.45) is 5.92 Å². The van der Waals surface area contributed by atoms with Crippen molar-refractivity contribution in [3.63, 3.8) is 0 Å². The first-order valence-corrected chi connectivity index (χ1v) is 5.50. The molecule has 0 aromatic rings. The minimum Gasteiger partial charge on any atom is -0.481 e. The van der Waals surface area contributed by atoms with Crippen LogP contribution in [0.2, 0.25) is 0 Å². The number of allylic oxidation sites excluding steroid dienone is 1. The van der Waals surface area contributed by atoms with E-state index in [0.29, 0.717) is 18.8 Å². The molecule has 0 aliphatic heterocycles. The van der Waals surface area contributed by atoms with Crippen LogP contribution in [0.4, 0.5) is 0 Å². The van der Waals surface area contributed by atoms with Crippen LogP contribution in [-0.2, 0) is 9.59 Å². The number of aliphatic carboxylic acids is 2. The second-order valence-electron chi connectivity index (χ2n) is 3.62. The Balaban J connectivity index is 0. The molecule has 0 spiro atoms. The van der Waals surface area contributed by atoms with Gasteiger partial charge in [0, 0.05) is 12.8 Å². The number of carboxylic acids is 2. The molecule has 2 N–H and O–H groups in total. The molecule has 94 valence electrons. The molecule has 16 heavy (non-hydrogen) atoms. The van der Waals surface area contributed by atoms with E-state index < -0.39 is 11.9 Å². The summed E-state index contributed by atoms with van der Waals surface area (Å²) in [6.45, 7) is 7.95. The van der Waals surface area contributed by atoms with Gasteiger partial charge in [-0.05, 0) is 18.8 Å². The minimum absolute atomic E-state index is 0.0628. The van der Waals surface area contributed by atoms with Crippen LogP contribution in [-0.4, -0.2) is 22.2 Å². The predicted octanol–water partition coefficient (Wildman–Crippen LogP) is 2.93. The van der Waals surface area contributed by atoms with E-state index in [2.05, 4.69) is 20.4 Å². The first-order chi connectivity index (χ1) is 7.43. The van der Waals surface area contributed by atoms with Gasteiger partial charge in [-0.1, -0.05) is 26.3 Å². The molecule has 0 bridgehead atoms. The highest BCUT2D eigenvalue weighted by molar-refractivity contribution is 5.67. The summed E-state index contributed by atoms with van der Waals surface area (Å²) < 4.78 is 0. The van der Waals surface area contributed by atoms with Crippen molar-refractivity contribution in [3.8, 4) is 0 Å². The average molecular weight is 230 g/mol. The van der Waals surface area contributed by atoms with Crippen LogP contribution in [0.1, 0.15) is 46.0 Å². The second-order valence-corrected chi connectivity index (χ2v) is 3.62. The molecule has 4 heteroatoms. The smallest absolute Gasteiger partial charge is 0.303 e. The Bertz CT molecular complexity index is 195. The summed E-state index contributed by atoms with van der Waals surface area (Å²) in [5.74, 6) is -1.04. The van der Waals surface area contributed by atoms with Gasteiger partial charge in [-0.25, -0.2) is 0 Å². The lowest BCUT2D eigenvalue weighted by molar-refractivity contribution is -0.139. The van der Waals surface area contributed by atoms with Crippen molar-refractivity contribution in [1.29, 1.82) is 0 Å². The maximum atomic E-state index is 9.90. The van der Waals surface area contributed by atoms with E-state index in [1.165, 1.54) is 6.42 Å². The van der Waals surface area contributed by atoms with Gasteiger partial charge < -0.3 is 10.2 Å². The van der Waals surface area contributed by atoms with Crippen LogP contribution in [0.5, 0.6) is 0 Å². The lowest BCUT2D eigenvalue weighted by atomic mass is 10.1. The molecule has 0 radical (unpaired) electrons. The lowest BCUT2D eigenvalue weighted by Crippen LogP contribution is -1.97. The van der Waals surface area contributed by atoms with E-state index >= 15 is 0 Å². The Morgan fingerprint density at radius 3 is 1.69 bits per heavy atom. The summed E-state index contributed by atoms with van der Waals surface area (Å²) in [5, 5.41) is 16.3. The second kappa shape index (κ2) is 11.8. The molecule has 1 atom stereocenters. The van der Waals surface area contributed by atoms with Crippen LogP contribution in [0.15, 0.2) is 12.7 Å². The number of carbonyl (C=O) groups is 2. The largest absolute Gasteiger partial charge is 0.481 e. The van der Waals surface area contributed by atoms with Crippen LogP contribution in [0.25, 0.3) is 0 Å². The summed E-state index contributed by atoms with van der Waals surface area (Å²) in [6, 6.07) is 0. The van der Waals surface area contributed by atoms with E-state index in [0.717, 1.165) is 0 Å². The molecule has 0 saturated heterocycles. The van der Waals surface area contributed by atoms with Gasteiger partial charge in [0.25, 0.3) is 0 Å². The quantitative estimate of drug-likeness (QED) is 0.521. The minimum atomic E-state index is -0.870. The van der Waals surface area contributed by atoms with Crippen molar-refractivity contribution in [2.75, 3.05) is 0 Å². The average Bonchev–Trinajstić information content (AvgIpc) is 2.23. The SMILES string of the molecule is C=CC(C)CC.O=C(O)CCCCC(=O)O. The van der Waals surface area contributed by atoms with E-state index in [1.807, 2.05) is 6.08 Å². The van der Waals surface area contributed by atoms with Gasteiger partial charge in [-0.3, -0.25) is 9.59 Å². The summed E-state index contributed by atoms with van der Waals surface area (Å²) in [6.07, 6.45) is 4.20. The van der Waals surface area contributed by atoms with Crippen LogP contribution >= 0.6 is 0 Å². The highest BCUT2D eigenvalue weighted by Gasteiger charge is 1.99. The Hall–Kier alpha value is -1.32.